The van der Waals surface area contributed by atoms with Crippen LogP contribution in [0.5, 0.6) is 0 Å². The fourth-order valence-corrected chi connectivity index (χ4v) is 3.95. The Kier molecular flexibility index (Phi) is 9.44. The molecule has 1 aliphatic carbocycles. The van der Waals surface area contributed by atoms with Gasteiger partial charge in [-0.15, -0.1) is 0 Å². The molecule has 4 rings (SSSR count). The highest BCUT2D eigenvalue weighted by Gasteiger charge is 2.30. The smallest absolute Gasteiger partial charge is 0.399 e. The number of nitrogens with two attached hydrogens (primary N) is 2. The maximum absolute atomic E-state index is 12.0. The minimum absolute atomic E-state index is 0.0322. The lowest BCUT2D eigenvalue weighted by Gasteiger charge is -2.24. The fraction of sp³-hybridized carbons (Fsp3) is 0.286. The fourth-order valence-electron chi connectivity index (χ4n) is 3.95. The molecule has 2 aromatic carbocycles. The Balaban J connectivity index is 0.000000279. The molecule has 198 valence electrons. The molecule has 1 aromatic heterocycles. The molecule has 0 radical (unpaired) electrons. The molecule has 0 bridgehead atoms. The minimum atomic E-state index is -4.38. The number of nitrogens with zero attached hydrogens (tertiary/aromatic N) is 2. The third-order valence-electron chi connectivity index (χ3n) is 6.01. The third-order valence-corrected chi connectivity index (χ3v) is 6.01. The second-order valence-corrected chi connectivity index (χ2v) is 8.90. The lowest BCUT2D eigenvalue weighted by atomic mass is 9.95. The molecule has 0 spiro atoms. The van der Waals surface area contributed by atoms with Crippen LogP contribution < -0.4 is 16.8 Å². The number of hydrogen-bond donors (Lipinski definition) is 4. The minimum Gasteiger partial charge on any atom is -0.399 e. The van der Waals surface area contributed by atoms with Crippen LogP contribution in [0.15, 0.2) is 48.8 Å². The molecular weight excluding hydrogens is 493 g/mol. The highest BCUT2D eigenvalue weighted by Crippen LogP contribution is 2.29. The van der Waals surface area contributed by atoms with Gasteiger partial charge in [-0.2, -0.15) is 13.2 Å². The van der Waals surface area contributed by atoms with E-state index in [9.17, 15) is 18.0 Å². The summed E-state index contributed by atoms with van der Waals surface area (Å²) in [6, 6.07) is 10.2. The standard InChI is InChI=1S/C20H24N6.C8H5F3O/c1-13-7-9-15(21)11-14(13)8-10-17(22)18-19(23)24-12-25-20(18)26-16-5-3-2-4-6-16;9-8(10,11)7-3-1-2-6(4-7)5-12/h7,9,11-12,16,22H,2-6,21H2,1H3,(H3,23,24,25,26);1-5H. The number of nitrogen functional groups attached to an aromatic ring is 2. The molecule has 3 aromatic rings. The molecule has 0 unspecified atom stereocenters. The number of nitrogens with one attached hydrogen (secondary N) is 2. The predicted molar refractivity (Wildman–Crippen MR) is 143 cm³/mol. The molecule has 1 aliphatic rings. The van der Waals surface area contributed by atoms with Crippen molar-refractivity contribution in [2.75, 3.05) is 16.8 Å². The van der Waals surface area contributed by atoms with Gasteiger partial charge in [0.2, 0.25) is 0 Å². The molecule has 1 heterocycles. The van der Waals surface area contributed by atoms with Crippen LogP contribution in [0.1, 0.15) is 64.7 Å². The number of aryl methyl sites for hydroxylation is 1. The number of aromatic nitrogens is 2. The van der Waals surface area contributed by atoms with Crippen molar-refractivity contribution in [1.82, 2.24) is 9.97 Å². The van der Waals surface area contributed by atoms with E-state index in [1.165, 1.54) is 37.7 Å². The zero-order valence-electron chi connectivity index (χ0n) is 20.9. The van der Waals surface area contributed by atoms with Gasteiger partial charge in [0.25, 0.3) is 0 Å². The van der Waals surface area contributed by atoms with Crippen LogP contribution in [0.2, 0.25) is 0 Å². The van der Waals surface area contributed by atoms with Crippen LogP contribution >= 0.6 is 0 Å². The van der Waals surface area contributed by atoms with Gasteiger partial charge in [0.15, 0.2) is 0 Å². The van der Waals surface area contributed by atoms with Gasteiger partial charge in [-0.25, -0.2) is 9.97 Å². The zero-order chi connectivity index (χ0) is 27.7. The van der Waals surface area contributed by atoms with Crippen molar-refractivity contribution in [3.05, 3.63) is 76.6 Å². The zero-order valence-corrected chi connectivity index (χ0v) is 20.9. The molecule has 38 heavy (non-hydrogen) atoms. The molecule has 1 fully saturated rings. The Labute approximate surface area is 219 Å². The summed E-state index contributed by atoms with van der Waals surface area (Å²) in [6.45, 7) is 1.96. The van der Waals surface area contributed by atoms with E-state index in [1.54, 1.807) is 0 Å². The van der Waals surface area contributed by atoms with E-state index in [2.05, 4.69) is 27.1 Å². The number of halogens is 3. The number of aldehydes is 1. The van der Waals surface area contributed by atoms with E-state index in [4.69, 9.17) is 16.9 Å². The summed E-state index contributed by atoms with van der Waals surface area (Å²) in [5, 5.41) is 11.8. The molecule has 1 saturated carbocycles. The molecule has 0 amide bonds. The van der Waals surface area contributed by atoms with Gasteiger partial charge in [0.05, 0.1) is 11.1 Å². The van der Waals surface area contributed by atoms with Gasteiger partial charge in [-0.3, -0.25) is 10.2 Å². The average Bonchev–Trinajstić information content (AvgIpc) is 2.89. The second-order valence-electron chi connectivity index (χ2n) is 8.90. The second kappa shape index (κ2) is 12.7. The first kappa shape index (κ1) is 28.2. The highest BCUT2D eigenvalue weighted by atomic mass is 19.4. The molecule has 0 aliphatic heterocycles. The van der Waals surface area contributed by atoms with E-state index in [1.807, 2.05) is 25.1 Å². The van der Waals surface area contributed by atoms with Crippen molar-refractivity contribution < 1.29 is 18.0 Å². The first-order chi connectivity index (χ1) is 18.1. The van der Waals surface area contributed by atoms with E-state index < -0.39 is 11.7 Å². The van der Waals surface area contributed by atoms with E-state index in [0.29, 0.717) is 29.4 Å². The molecule has 6 N–H and O–H groups in total. The van der Waals surface area contributed by atoms with Crippen molar-refractivity contribution in [3.63, 3.8) is 0 Å². The number of rotatable bonds is 4. The van der Waals surface area contributed by atoms with Gasteiger partial charge >= 0.3 is 6.18 Å². The predicted octanol–water partition coefficient (Wildman–Crippen LogP) is 5.63. The van der Waals surface area contributed by atoms with Gasteiger partial charge in [0.1, 0.15) is 30.0 Å². The van der Waals surface area contributed by atoms with Crippen LogP contribution in [-0.4, -0.2) is 28.0 Å². The number of anilines is 3. The SMILES string of the molecule is Cc1ccc(N)cc1C#CC(=N)c1c(N)ncnc1NC1CCCCC1.O=Cc1cccc(C(F)(F)F)c1. The molecule has 0 saturated heterocycles. The Hall–Kier alpha value is -4.39. The number of carbonyl (C=O) groups is 1. The van der Waals surface area contributed by atoms with Crippen molar-refractivity contribution in [1.29, 1.82) is 5.41 Å². The maximum atomic E-state index is 12.0. The summed E-state index contributed by atoms with van der Waals surface area (Å²) in [6.07, 6.45) is 3.33. The largest absolute Gasteiger partial charge is 0.416 e. The molecule has 7 nitrogen and oxygen atoms in total. The Morgan fingerprint density at radius 2 is 1.84 bits per heavy atom. The first-order valence-electron chi connectivity index (χ1n) is 12.0. The third kappa shape index (κ3) is 7.80. The lowest BCUT2D eigenvalue weighted by molar-refractivity contribution is -0.137. The summed E-state index contributed by atoms with van der Waals surface area (Å²) in [7, 11) is 0. The monoisotopic (exact) mass is 522 g/mol. The number of benzene rings is 2. The summed E-state index contributed by atoms with van der Waals surface area (Å²) in [4.78, 5) is 18.5. The van der Waals surface area contributed by atoms with Gasteiger partial charge in [-0.05, 0) is 55.5 Å². The Morgan fingerprint density at radius 3 is 2.53 bits per heavy atom. The number of alkyl halides is 3. The van der Waals surface area contributed by atoms with E-state index in [0.717, 1.165) is 36.1 Å². The molecular formula is C28H29F3N6O. The quantitative estimate of drug-likeness (QED) is 0.152. The van der Waals surface area contributed by atoms with Crippen molar-refractivity contribution >= 4 is 29.3 Å². The lowest BCUT2D eigenvalue weighted by Crippen LogP contribution is -2.24. The van der Waals surface area contributed by atoms with Crippen LogP contribution in [0.25, 0.3) is 0 Å². The first-order valence-corrected chi connectivity index (χ1v) is 12.0. The summed E-state index contributed by atoms with van der Waals surface area (Å²) in [5.41, 5.74) is 14.1. The van der Waals surface area contributed by atoms with Crippen LogP contribution in [-0.2, 0) is 6.18 Å². The van der Waals surface area contributed by atoms with Crippen molar-refractivity contribution in [3.8, 4) is 11.8 Å². The van der Waals surface area contributed by atoms with Crippen molar-refractivity contribution in [2.24, 2.45) is 0 Å². The van der Waals surface area contributed by atoms with Crippen LogP contribution in [0.3, 0.4) is 0 Å². The average molecular weight is 523 g/mol. The number of carbonyl (C=O) groups excluding carboxylic acids is 1. The number of hydrogen-bond acceptors (Lipinski definition) is 7. The van der Waals surface area contributed by atoms with E-state index >= 15 is 0 Å². The van der Waals surface area contributed by atoms with Crippen LogP contribution in [0.4, 0.5) is 30.5 Å². The van der Waals surface area contributed by atoms with E-state index in [-0.39, 0.29) is 17.1 Å². The summed E-state index contributed by atoms with van der Waals surface area (Å²) < 4.78 is 36.0. The topological polar surface area (TPSA) is 131 Å². The summed E-state index contributed by atoms with van der Waals surface area (Å²) >= 11 is 0. The maximum Gasteiger partial charge on any atom is 0.416 e. The van der Waals surface area contributed by atoms with Crippen LogP contribution in [0, 0.1) is 24.2 Å². The van der Waals surface area contributed by atoms with Gasteiger partial charge < -0.3 is 16.8 Å². The summed E-state index contributed by atoms with van der Waals surface area (Å²) in [5.74, 6) is 6.75. The Bertz CT molecular complexity index is 1350. The highest BCUT2D eigenvalue weighted by molar-refractivity contribution is 6.16. The molecule has 10 heteroatoms. The normalized spacial score (nSPS) is 13.4. The van der Waals surface area contributed by atoms with Crippen molar-refractivity contribution in [2.45, 2.75) is 51.2 Å². The molecule has 0 atom stereocenters. The van der Waals surface area contributed by atoms with Gasteiger partial charge in [0, 0.05) is 22.9 Å². The Morgan fingerprint density at radius 1 is 1.11 bits per heavy atom. The van der Waals surface area contributed by atoms with Gasteiger partial charge in [-0.1, -0.05) is 43.4 Å².